The molecule has 52 valence electrons. The van der Waals surface area contributed by atoms with Crippen LogP contribution in [0.15, 0.2) is 12.2 Å². The number of hydrogen-bond acceptors (Lipinski definition) is 3. The molecule has 0 aromatic rings. The minimum absolute atomic E-state index is 0.0874. The fraction of sp³-hybridized carbons (Fsp3) is 0.667. The Morgan fingerprint density at radius 1 is 1.78 bits per heavy atom. The van der Waals surface area contributed by atoms with E-state index in [9.17, 15) is 0 Å². The van der Waals surface area contributed by atoms with Gasteiger partial charge in [-0.2, -0.15) is 0 Å². The lowest BCUT2D eigenvalue weighted by Gasteiger charge is -2.05. The zero-order valence-corrected chi connectivity index (χ0v) is 5.08. The summed E-state index contributed by atoms with van der Waals surface area (Å²) < 4.78 is 4.83. The van der Waals surface area contributed by atoms with Crippen LogP contribution in [0.25, 0.3) is 0 Å². The van der Waals surface area contributed by atoms with Crippen LogP contribution < -0.4 is 0 Å². The van der Waals surface area contributed by atoms with Crippen molar-refractivity contribution in [3.05, 3.63) is 12.2 Å². The van der Waals surface area contributed by atoms with Crippen molar-refractivity contribution < 1.29 is 14.9 Å². The summed E-state index contributed by atoms with van der Waals surface area (Å²) in [5.74, 6) is 0. The molecule has 2 N–H and O–H groups in total. The molecule has 1 fully saturated rings. The maximum Gasteiger partial charge on any atom is 0.159 e. The topological polar surface area (TPSA) is 49.7 Å². The van der Waals surface area contributed by atoms with Gasteiger partial charge in [-0.05, 0) is 5.57 Å². The van der Waals surface area contributed by atoms with Crippen molar-refractivity contribution in [3.63, 3.8) is 0 Å². The van der Waals surface area contributed by atoms with Crippen molar-refractivity contribution in [3.8, 4) is 0 Å². The summed E-state index contributed by atoms with van der Waals surface area (Å²) in [6, 6.07) is 0. The summed E-state index contributed by atoms with van der Waals surface area (Å²) in [4.78, 5) is 0. The number of aliphatic hydroxyl groups excluding tert-OH is 2. The van der Waals surface area contributed by atoms with Crippen LogP contribution in [0.2, 0.25) is 0 Å². The van der Waals surface area contributed by atoms with Gasteiger partial charge in [-0.1, -0.05) is 6.58 Å². The van der Waals surface area contributed by atoms with Crippen LogP contribution in [0, 0.1) is 0 Å². The molecule has 1 rings (SSSR count). The second kappa shape index (κ2) is 2.47. The highest BCUT2D eigenvalue weighted by Crippen LogP contribution is 2.21. The summed E-state index contributed by atoms with van der Waals surface area (Å²) >= 11 is 0. The predicted molar refractivity (Wildman–Crippen MR) is 31.7 cm³/mol. The van der Waals surface area contributed by atoms with E-state index in [0.717, 1.165) is 5.57 Å². The summed E-state index contributed by atoms with van der Waals surface area (Å²) in [6.07, 6.45) is -0.653. The highest BCUT2D eigenvalue weighted by atomic mass is 16.6. The van der Waals surface area contributed by atoms with E-state index < -0.39 is 6.29 Å². The number of ether oxygens (including phenoxy) is 1. The van der Waals surface area contributed by atoms with Crippen LogP contribution in [-0.2, 0) is 4.74 Å². The molecule has 3 nitrogen and oxygen atoms in total. The van der Waals surface area contributed by atoms with E-state index in [1.54, 1.807) is 0 Å². The van der Waals surface area contributed by atoms with Gasteiger partial charge in [-0.15, -0.1) is 0 Å². The van der Waals surface area contributed by atoms with Crippen molar-refractivity contribution >= 4 is 0 Å². The van der Waals surface area contributed by atoms with Crippen LogP contribution >= 0.6 is 0 Å². The highest BCUT2D eigenvalue weighted by molar-refractivity contribution is 5.07. The van der Waals surface area contributed by atoms with Gasteiger partial charge in [0.1, 0.15) is 6.10 Å². The molecular weight excluding hydrogens is 120 g/mol. The molecule has 1 aliphatic heterocycles. The van der Waals surface area contributed by atoms with Gasteiger partial charge in [0.05, 0.1) is 6.61 Å². The van der Waals surface area contributed by atoms with Crippen molar-refractivity contribution in [2.45, 2.75) is 18.8 Å². The third-order valence-electron chi connectivity index (χ3n) is 1.38. The van der Waals surface area contributed by atoms with Gasteiger partial charge in [-0.25, -0.2) is 0 Å². The van der Waals surface area contributed by atoms with Gasteiger partial charge in [0, 0.05) is 6.42 Å². The lowest BCUT2D eigenvalue weighted by atomic mass is 10.1. The van der Waals surface area contributed by atoms with Gasteiger partial charge in [0.15, 0.2) is 6.29 Å². The molecule has 1 saturated heterocycles. The monoisotopic (exact) mass is 130 g/mol. The summed E-state index contributed by atoms with van der Waals surface area (Å²) in [5, 5.41) is 17.4. The average Bonchev–Trinajstić information content (AvgIpc) is 2.10. The minimum Gasteiger partial charge on any atom is -0.393 e. The maximum absolute atomic E-state index is 8.81. The van der Waals surface area contributed by atoms with Gasteiger partial charge in [0.2, 0.25) is 0 Å². The SMILES string of the molecule is C=C1CC(O)OC1CO. The third-order valence-corrected chi connectivity index (χ3v) is 1.38. The Labute approximate surface area is 53.6 Å². The second-order valence-corrected chi connectivity index (χ2v) is 2.12. The van der Waals surface area contributed by atoms with Gasteiger partial charge < -0.3 is 14.9 Å². The smallest absolute Gasteiger partial charge is 0.159 e. The van der Waals surface area contributed by atoms with Crippen molar-refractivity contribution in [2.75, 3.05) is 6.61 Å². The normalized spacial score (nSPS) is 35.6. The number of rotatable bonds is 1. The Morgan fingerprint density at radius 3 is 2.67 bits per heavy atom. The van der Waals surface area contributed by atoms with Gasteiger partial charge in [0.25, 0.3) is 0 Å². The van der Waals surface area contributed by atoms with E-state index in [2.05, 4.69) is 6.58 Å². The first-order chi connectivity index (χ1) is 4.24. The Kier molecular flexibility index (Phi) is 1.85. The molecule has 2 atom stereocenters. The first-order valence-electron chi connectivity index (χ1n) is 2.86. The van der Waals surface area contributed by atoms with Gasteiger partial charge >= 0.3 is 0 Å². The quantitative estimate of drug-likeness (QED) is 0.477. The minimum atomic E-state index is -0.755. The van der Waals surface area contributed by atoms with Crippen LogP contribution in [0.5, 0.6) is 0 Å². The first kappa shape index (κ1) is 6.74. The summed E-state index contributed by atoms with van der Waals surface area (Å²) in [7, 11) is 0. The van der Waals surface area contributed by atoms with Crippen LogP contribution in [-0.4, -0.2) is 29.2 Å². The molecule has 0 aliphatic carbocycles. The fourth-order valence-electron chi connectivity index (χ4n) is 0.862. The fourth-order valence-corrected chi connectivity index (χ4v) is 0.862. The molecule has 0 saturated carbocycles. The van der Waals surface area contributed by atoms with E-state index in [0.29, 0.717) is 6.42 Å². The van der Waals surface area contributed by atoms with E-state index >= 15 is 0 Å². The molecule has 3 heteroatoms. The zero-order chi connectivity index (χ0) is 6.85. The Morgan fingerprint density at radius 2 is 2.44 bits per heavy atom. The third kappa shape index (κ3) is 1.30. The summed E-state index contributed by atoms with van der Waals surface area (Å²) in [5.41, 5.74) is 0.769. The van der Waals surface area contributed by atoms with Crippen molar-refractivity contribution in [1.82, 2.24) is 0 Å². The molecule has 0 amide bonds. The number of hydrogen-bond donors (Lipinski definition) is 2. The van der Waals surface area contributed by atoms with Gasteiger partial charge in [-0.3, -0.25) is 0 Å². The Balaban J connectivity index is 2.48. The molecule has 0 bridgehead atoms. The largest absolute Gasteiger partial charge is 0.393 e. The lowest BCUT2D eigenvalue weighted by molar-refractivity contribution is -0.0987. The summed E-state index contributed by atoms with van der Waals surface area (Å²) in [6.45, 7) is 3.52. The van der Waals surface area contributed by atoms with Crippen LogP contribution in [0.3, 0.4) is 0 Å². The molecule has 0 radical (unpaired) electrons. The van der Waals surface area contributed by atoms with Crippen molar-refractivity contribution in [2.24, 2.45) is 0 Å². The molecule has 1 heterocycles. The van der Waals surface area contributed by atoms with Crippen LogP contribution in [0.4, 0.5) is 0 Å². The Hall–Kier alpha value is -0.380. The highest BCUT2D eigenvalue weighted by Gasteiger charge is 2.25. The average molecular weight is 130 g/mol. The van der Waals surface area contributed by atoms with E-state index in [1.165, 1.54) is 0 Å². The first-order valence-corrected chi connectivity index (χ1v) is 2.86. The molecule has 9 heavy (non-hydrogen) atoms. The lowest BCUT2D eigenvalue weighted by Crippen LogP contribution is -2.14. The maximum atomic E-state index is 8.81. The van der Waals surface area contributed by atoms with E-state index in [-0.39, 0.29) is 12.7 Å². The molecule has 0 spiro atoms. The molecule has 0 aromatic carbocycles. The molecular formula is C6H10O3. The standard InChI is InChI=1S/C6H10O3/c1-4-2-6(8)9-5(4)3-7/h5-8H,1-3H2. The van der Waals surface area contributed by atoms with Crippen LogP contribution in [0.1, 0.15) is 6.42 Å². The molecule has 1 aliphatic rings. The number of aliphatic hydroxyl groups is 2. The zero-order valence-electron chi connectivity index (χ0n) is 5.08. The molecule has 0 aromatic heterocycles. The second-order valence-electron chi connectivity index (χ2n) is 2.12. The Bertz CT molecular complexity index is 121. The van der Waals surface area contributed by atoms with E-state index in [1.807, 2.05) is 0 Å². The molecule has 2 unspecified atom stereocenters. The predicted octanol–water partition coefficient (Wildman–Crippen LogP) is -0.358. The van der Waals surface area contributed by atoms with E-state index in [4.69, 9.17) is 14.9 Å². The van der Waals surface area contributed by atoms with Crippen molar-refractivity contribution in [1.29, 1.82) is 0 Å².